The molecule has 2 aromatic carbocycles. The van der Waals surface area contributed by atoms with Crippen molar-refractivity contribution < 1.29 is 24.5 Å². The summed E-state index contributed by atoms with van der Waals surface area (Å²) in [5, 5.41) is 20.7. The van der Waals surface area contributed by atoms with Crippen LogP contribution >= 0.6 is 0 Å². The Hall–Kier alpha value is -3.58. The fourth-order valence-electron chi connectivity index (χ4n) is 3.59. The minimum atomic E-state index is -0.796. The van der Waals surface area contributed by atoms with E-state index in [0.717, 1.165) is 5.56 Å². The first-order chi connectivity index (χ1) is 15.3. The third kappa shape index (κ3) is 5.00. The van der Waals surface area contributed by atoms with E-state index >= 15 is 0 Å². The first-order valence-electron chi connectivity index (χ1n) is 10.5. The number of rotatable bonds is 9. The van der Waals surface area contributed by atoms with Gasteiger partial charge in [0.15, 0.2) is 23.0 Å². The normalized spacial score (nSPS) is 16.4. The number of nitrogens with zero attached hydrogens (tertiary/aromatic N) is 2. The molecule has 7 nitrogen and oxygen atoms in total. The summed E-state index contributed by atoms with van der Waals surface area (Å²) in [5.41, 5.74) is 1.41. The number of likely N-dealkylation sites (N-methyl/N-ethyl adjacent to an activating group) is 1. The maximum Gasteiger partial charge on any atom is 0.290 e. The number of aromatic hydroxyl groups is 1. The van der Waals surface area contributed by atoms with Gasteiger partial charge in [0.05, 0.1) is 18.2 Å². The minimum absolute atomic E-state index is 0.00840. The smallest absolute Gasteiger partial charge is 0.290 e. The van der Waals surface area contributed by atoms with E-state index in [1.807, 2.05) is 49.3 Å². The summed E-state index contributed by atoms with van der Waals surface area (Å²) >= 11 is 0. The lowest BCUT2D eigenvalue weighted by atomic mass is 9.95. The predicted molar refractivity (Wildman–Crippen MR) is 122 cm³/mol. The number of phenolic OH excluding ortho intramolecular Hbond substituents is 1. The molecule has 0 bridgehead atoms. The second-order valence-electron chi connectivity index (χ2n) is 7.74. The van der Waals surface area contributed by atoms with Crippen LogP contribution in [0.4, 0.5) is 0 Å². The maximum atomic E-state index is 13.1. The maximum absolute atomic E-state index is 13.1. The van der Waals surface area contributed by atoms with Gasteiger partial charge in [-0.15, -0.1) is 0 Å². The molecule has 2 aromatic rings. The van der Waals surface area contributed by atoms with Gasteiger partial charge in [-0.2, -0.15) is 0 Å². The van der Waals surface area contributed by atoms with E-state index in [1.54, 1.807) is 25.1 Å². The Morgan fingerprint density at radius 3 is 2.53 bits per heavy atom. The van der Waals surface area contributed by atoms with Crippen molar-refractivity contribution in [3.05, 3.63) is 77.1 Å². The quantitative estimate of drug-likeness (QED) is 0.586. The predicted octanol–water partition coefficient (Wildman–Crippen LogP) is 3.33. The molecule has 3 rings (SSSR count). The number of phenols is 1. The largest absolute Gasteiger partial charge is 0.504 e. The molecule has 0 saturated heterocycles. The third-order valence-electron chi connectivity index (χ3n) is 5.18. The zero-order chi connectivity index (χ0) is 23.3. The van der Waals surface area contributed by atoms with E-state index in [4.69, 9.17) is 4.74 Å². The summed E-state index contributed by atoms with van der Waals surface area (Å²) in [6.07, 6.45) is 3.01. The Balaban J connectivity index is 2.02. The van der Waals surface area contributed by atoms with Gasteiger partial charge in [-0.25, -0.2) is 0 Å². The van der Waals surface area contributed by atoms with Crippen molar-refractivity contribution >= 4 is 17.8 Å². The van der Waals surface area contributed by atoms with Gasteiger partial charge in [0, 0.05) is 13.1 Å². The van der Waals surface area contributed by atoms with Crippen molar-refractivity contribution in [3.8, 4) is 11.5 Å². The van der Waals surface area contributed by atoms with Crippen LogP contribution in [-0.2, 0) is 9.59 Å². The van der Waals surface area contributed by atoms with E-state index in [1.165, 1.54) is 17.0 Å². The molecule has 32 heavy (non-hydrogen) atoms. The zero-order valence-electron chi connectivity index (χ0n) is 18.5. The van der Waals surface area contributed by atoms with Crippen molar-refractivity contribution in [2.75, 3.05) is 33.8 Å². The number of aliphatic hydroxyl groups excluding tert-OH is 1. The number of benzene rings is 2. The van der Waals surface area contributed by atoms with Crippen molar-refractivity contribution in [2.45, 2.75) is 13.0 Å². The molecule has 7 heteroatoms. The van der Waals surface area contributed by atoms with Crippen LogP contribution in [0.1, 0.15) is 24.1 Å². The Morgan fingerprint density at radius 1 is 1.16 bits per heavy atom. The fourth-order valence-corrected chi connectivity index (χ4v) is 3.59. The summed E-state index contributed by atoms with van der Waals surface area (Å²) in [7, 11) is 3.76. The number of ketones is 1. The van der Waals surface area contributed by atoms with Crippen LogP contribution in [0.15, 0.2) is 65.9 Å². The Morgan fingerprint density at radius 2 is 1.88 bits per heavy atom. The average Bonchev–Trinajstić information content (AvgIpc) is 3.03. The average molecular weight is 437 g/mol. The molecule has 1 unspecified atom stereocenters. The SMILES string of the molecule is CCOc1cc(C2C(C(=O)C=Cc3ccccc3)=C(O)C(=O)N2CCN(C)C)ccc1O. The lowest BCUT2D eigenvalue weighted by molar-refractivity contribution is -0.129. The molecule has 0 radical (unpaired) electrons. The third-order valence-corrected chi connectivity index (χ3v) is 5.18. The van der Waals surface area contributed by atoms with Crippen LogP contribution in [0.5, 0.6) is 11.5 Å². The lowest BCUT2D eigenvalue weighted by Crippen LogP contribution is -2.36. The highest BCUT2D eigenvalue weighted by molar-refractivity contribution is 6.14. The highest BCUT2D eigenvalue weighted by atomic mass is 16.5. The van der Waals surface area contributed by atoms with Gasteiger partial charge in [-0.3, -0.25) is 9.59 Å². The van der Waals surface area contributed by atoms with Gasteiger partial charge in [0.2, 0.25) is 0 Å². The van der Waals surface area contributed by atoms with Gasteiger partial charge in [0.1, 0.15) is 0 Å². The lowest BCUT2D eigenvalue weighted by Gasteiger charge is -2.28. The highest BCUT2D eigenvalue weighted by Crippen LogP contribution is 2.40. The molecule has 0 aromatic heterocycles. The molecule has 0 fully saturated rings. The van der Waals surface area contributed by atoms with Gasteiger partial charge in [0.25, 0.3) is 5.91 Å². The number of hydrogen-bond acceptors (Lipinski definition) is 6. The molecule has 1 aliphatic heterocycles. The molecule has 1 aliphatic rings. The monoisotopic (exact) mass is 436 g/mol. The standard InChI is InChI=1S/C25H28N2O5/c1-4-32-21-16-18(11-13-19(21)28)23-22(20(29)12-10-17-8-6-5-7-9-17)24(30)25(31)27(23)15-14-26(2)3/h5-13,16,23,28,30H,4,14-15H2,1-3H3. The van der Waals surface area contributed by atoms with Crippen molar-refractivity contribution in [2.24, 2.45) is 0 Å². The molecule has 168 valence electrons. The second kappa shape index (κ2) is 10.2. The summed E-state index contributed by atoms with van der Waals surface area (Å²) in [4.78, 5) is 29.4. The summed E-state index contributed by atoms with van der Waals surface area (Å²) < 4.78 is 5.49. The first-order valence-corrected chi connectivity index (χ1v) is 10.5. The Bertz CT molecular complexity index is 1040. The van der Waals surface area contributed by atoms with Crippen LogP contribution in [0, 0.1) is 0 Å². The van der Waals surface area contributed by atoms with Crippen LogP contribution in [0.3, 0.4) is 0 Å². The number of amides is 1. The van der Waals surface area contributed by atoms with E-state index < -0.39 is 23.5 Å². The van der Waals surface area contributed by atoms with Crippen LogP contribution in [-0.4, -0.2) is 65.5 Å². The summed E-state index contributed by atoms with van der Waals surface area (Å²) in [6.45, 7) is 3.00. The topological polar surface area (TPSA) is 90.3 Å². The zero-order valence-corrected chi connectivity index (χ0v) is 18.5. The van der Waals surface area contributed by atoms with Gasteiger partial charge in [-0.1, -0.05) is 42.5 Å². The van der Waals surface area contributed by atoms with Gasteiger partial charge < -0.3 is 24.7 Å². The molecule has 0 spiro atoms. The number of hydrogen-bond donors (Lipinski definition) is 2. The Kier molecular flexibility index (Phi) is 7.33. The first kappa shape index (κ1) is 23.1. The van der Waals surface area contributed by atoms with Crippen LogP contribution in [0.2, 0.25) is 0 Å². The van der Waals surface area contributed by atoms with Crippen molar-refractivity contribution in [1.29, 1.82) is 0 Å². The van der Waals surface area contributed by atoms with E-state index in [2.05, 4.69) is 0 Å². The molecule has 0 saturated carbocycles. The highest BCUT2D eigenvalue weighted by Gasteiger charge is 2.42. The summed E-state index contributed by atoms with van der Waals surface area (Å²) in [6, 6.07) is 13.2. The number of ether oxygens (including phenoxy) is 1. The molecular formula is C25H28N2O5. The van der Waals surface area contributed by atoms with Crippen molar-refractivity contribution in [3.63, 3.8) is 0 Å². The van der Waals surface area contributed by atoms with E-state index in [9.17, 15) is 19.8 Å². The number of carbonyl (C=O) groups is 2. The van der Waals surface area contributed by atoms with Gasteiger partial charge >= 0.3 is 0 Å². The summed E-state index contributed by atoms with van der Waals surface area (Å²) in [5.74, 6) is -1.39. The van der Waals surface area contributed by atoms with Crippen molar-refractivity contribution in [1.82, 2.24) is 9.80 Å². The molecule has 1 amide bonds. The van der Waals surface area contributed by atoms with Crippen LogP contribution in [0.25, 0.3) is 6.08 Å². The minimum Gasteiger partial charge on any atom is -0.504 e. The number of allylic oxidation sites excluding steroid dienone is 1. The molecule has 1 atom stereocenters. The molecule has 0 aliphatic carbocycles. The van der Waals surface area contributed by atoms with Gasteiger partial charge in [-0.05, 0) is 50.4 Å². The Labute approximate surface area is 187 Å². The van der Waals surface area contributed by atoms with Crippen LogP contribution < -0.4 is 4.74 Å². The number of aliphatic hydroxyl groups is 1. The molecular weight excluding hydrogens is 408 g/mol. The fraction of sp³-hybridized carbons (Fsp3) is 0.280. The number of carbonyl (C=O) groups excluding carboxylic acids is 2. The van der Waals surface area contributed by atoms with E-state index in [0.29, 0.717) is 25.3 Å². The second-order valence-corrected chi connectivity index (χ2v) is 7.74. The molecule has 1 heterocycles. The molecule has 2 N–H and O–H groups in total. The van der Waals surface area contributed by atoms with E-state index in [-0.39, 0.29) is 17.1 Å².